The number of fused-ring (bicyclic) bond motifs is 1. The lowest BCUT2D eigenvalue weighted by Gasteiger charge is -2.31. The van der Waals surface area contributed by atoms with E-state index >= 15 is 0 Å². The van der Waals surface area contributed by atoms with Crippen molar-refractivity contribution in [2.45, 2.75) is 82.6 Å². The summed E-state index contributed by atoms with van der Waals surface area (Å²) >= 11 is -1.23. The number of carbonyl (C=O) groups is 1. The van der Waals surface area contributed by atoms with E-state index in [-0.39, 0.29) is 12.0 Å². The third-order valence-electron chi connectivity index (χ3n) is 9.80. The molecule has 6 rings (SSSR count). The number of nitrogens with zero attached hydrogens (tertiary/aromatic N) is 3. The zero-order valence-electron chi connectivity index (χ0n) is 30.8. The summed E-state index contributed by atoms with van der Waals surface area (Å²) in [5.41, 5.74) is 7.52. The molecule has 0 radical (unpaired) electrons. The van der Waals surface area contributed by atoms with Crippen LogP contribution in [-0.4, -0.2) is 65.6 Å². The Kier molecular flexibility index (Phi) is 13.5. The predicted octanol–water partition coefficient (Wildman–Crippen LogP) is 8.18. The first-order chi connectivity index (χ1) is 25.4. The van der Waals surface area contributed by atoms with Gasteiger partial charge in [-0.2, -0.15) is 0 Å². The van der Waals surface area contributed by atoms with E-state index in [1.165, 1.54) is 6.42 Å². The molecular formula is C42H52N4O5S. The largest absolute Gasteiger partial charge is 0.611 e. The zero-order chi connectivity index (χ0) is 36.3. The number of amides is 1. The van der Waals surface area contributed by atoms with Gasteiger partial charge in [-0.3, -0.25) is 4.79 Å². The average molecular weight is 725 g/mol. The summed E-state index contributed by atoms with van der Waals surface area (Å²) in [6, 6.07) is 22.0. The molecule has 0 bridgehead atoms. The lowest BCUT2D eigenvalue weighted by atomic mass is 10.00. The van der Waals surface area contributed by atoms with Gasteiger partial charge in [0.1, 0.15) is 12.4 Å². The summed E-state index contributed by atoms with van der Waals surface area (Å²) in [5.74, 6) is 1.08. The molecule has 1 saturated heterocycles. The first kappa shape index (κ1) is 37.7. The number of aryl methyl sites for hydroxylation is 2. The molecule has 0 saturated carbocycles. The Morgan fingerprint density at radius 2 is 1.83 bits per heavy atom. The van der Waals surface area contributed by atoms with Crippen molar-refractivity contribution in [1.82, 2.24) is 9.55 Å². The van der Waals surface area contributed by atoms with Crippen LogP contribution in [0.25, 0.3) is 17.2 Å². The fourth-order valence-electron chi connectivity index (χ4n) is 6.73. The van der Waals surface area contributed by atoms with Crippen LogP contribution >= 0.6 is 0 Å². The molecule has 3 aromatic carbocycles. The molecule has 3 heterocycles. The Morgan fingerprint density at radius 1 is 1.02 bits per heavy atom. The zero-order valence-corrected chi connectivity index (χ0v) is 31.6. The number of nitrogens with one attached hydrogen (secondary N) is 1. The van der Waals surface area contributed by atoms with E-state index in [1.54, 1.807) is 6.33 Å². The van der Waals surface area contributed by atoms with Gasteiger partial charge in [-0.15, -0.1) is 0 Å². The Labute approximate surface area is 311 Å². The summed E-state index contributed by atoms with van der Waals surface area (Å²) in [6.45, 7) is 11.1. The summed E-state index contributed by atoms with van der Waals surface area (Å²) in [5, 5.41) is 3.10. The molecule has 1 fully saturated rings. The van der Waals surface area contributed by atoms with E-state index in [2.05, 4.69) is 59.4 Å². The topological polar surface area (TPSA) is 101 Å². The number of rotatable bonds is 16. The Morgan fingerprint density at radius 3 is 2.58 bits per heavy atom. The Balaban J connectivity index is 1.16. The molecule has 2 atom stereocenters. The van der Waals surface area contributed by atoms with Gasteiger partial charge in [-0.25, -0.2) is 4.98 Å². The van der Waals surface area contributed by atoms with Crippen molar-refractivity contribution in [2.75, 3.05) is 49.7 Å². The van der Waals surface area contributed by atoms with Crippen LogP contribution < -0.4 is 15.0 Å². The van der Waals surface area contributed by atoms with Gasteiger partial charge in [0.05, 0.1) is 30.4 Å². The summed E-state index contributed by atoms with van der Waals surface area (Å²) < 4.78 is 32.9. The molecule has 52 heavy (non-hydrogen) atoms. The highest BCUT2D eigenvalue weighted by Crippen LogP contribution is 2.34. The highest BCUT2D eigenvalue weighted by molar-refractivity contribution is 7.90. The van der Waals surface area contributed by atoms with Gasteiger partial charge < -0.3 is 33.5 Å². The molecule has 0 aliphatic carbocycles. The van der Waals surface area contributed by atoms with E-state index in [0.29, 0.717) is 48.1 Å². The number of aromatic nitrogens is 2. The predicted molar refractivity (Wildman–Crippen MR) is 209 cm³/mol. The molecule has 4 aromatic rings. The third kappa shape index (κ3) is 9.86. The first-order valence-electron chi connectivity index (χ1n) is 18.7. The molecule has 9 nitrogen and oxygen atoms in total. The van der Waals surface area contributed by atoms with Crippen LogP contribution in [0.5, 0.6) is 5.75 Å². The van der Waals surface area contributed by atoms with Crippen molar-refractivity contribution in [2.24, 2.45) is 0 Å². The van der Waals surface area contributed by atoms with Gasteiger partial charge in [0, 0.05) is 49.8 Å². The third-order valence-corrected chi connectivity index (χ3v) is 11.1. The number of hydrogen-bond acceptors (Lipinski definition) is 7. The normalized spacial score (nSPS) is 16.5. The molecule has 2 aliphatic heterocycles. The number of anilines is 2. The first-order valence-corrected chi connectivity index (χ1v) is 20.1. The second-order valence-electron chi connectivity index (χ2n) is 13.5. The molecule has 1 amide bonds. The monoisotopic (exact) mass is 724 g/mol. The van der Waals surface area contributed by atoms with E-state index < -0.39 is 11.2 Å². The molecule has 2 aliphatic rings. The summed E-state index contributed by atoms with van der Waals surface area (Å²) in [4.78, 5) is 21.3. The average Bonchev–Trinajstić information content (AvgIpc) is 3.42. The fraction of sp³-hybridized carbons (Fsp3) is 0.429. The van der Waals surface area contributed by atoms with Gasteiger partial charge in [-0.1, -0.05) is 31.5 Å². The minimum Gasteiger partial charge on any atom is -0.611 e. The molecule has 0 unspecified atom stereocenters. The maximum Gasteiger partial charge on any atom is 0.251 e. The van der Waals surface area contributed by atoms with Crippen LogP contribution in [0.1, 0.15) is 69.3 Å². The lowest BCUT2D eigenvalue weighted by Crippen LogP contribution is -2.36. The molecule has 1 aromatic heterocycles. The van der Waals surface area contributed by atoms with Gasteiger partial charge in [-0.05, 0) is 128 Å². The number of benzene rings is 3. The van der Waals surface area contributed by atoms with Crippen molar-refractivity contribution in [3.63, 3.8) is 0 Å². The molecule has 0 spiro atoms. The second-order valence-corrected chi connectivity index (χ2v) is 14.9. The van der Waals surface area contributed by atoms with Crippen LogP contribution in [0.3, 0.4) is 0 Å². The molecule has 10 heteroatoms. The second kappa shape index (κ2) is 18.6. The summed E-state index contributed by atoms with van der Waals surface area (Å²) in [7, 11) is 0. The smallest absolute Gasteiger partial charge is 0.251 e. The van der Waals surface area contributed by atoms with E-state index in [1.807, 2.05) is 54.0 Å². The number of ether oxygens (including phenoxy) is 3. The SMILES string of the molecule is CCCCOCCOc1ccc(-c2ccc3c(c2)C=C(C(=O)Nc2ccc([S@+]([O-])Cc4c(C)ncn4CC)cc2)CCN3C[C@@H]2CCCCO2)cc1. The number of unbranched alkanes of at least 4 members (excludes halogenated alkanes) is 1. The van der Waals surface area contributed by atoms with Crippen LogP contribution in [0.2, 0.25) is 0 Å². The van der Waals surface area contributed by atoms with Crippen molar-refractivity contribution in [3.8, 4) is 16.9 Å². The highest BCUT2D eigenvalue weighted by Gasteiger charge is 2.24. The maximum atomic E-state index is 13.8. The van der Waals surface area contributed by atoms with E-state index in [0.717, 1.165) is 91.5 Å². The molecular weight excluding hydrogens is 673 g/mol. The van der Waals surface area contributed by atoms with Gasteiger partial charge in [0.25, 0.3) is 5.91 Å². The molecule has 276 valence electrons. The van der Waals surface area contributed by atoms with E-state index in [4.69, 9.17) is 14.2 Å². The lowest BCUT2D eigenvalue weighted by molar-refractivity contribution is -0.112. The number of hydrogen-bond donors (Lipinski definition) is 1. The standard InChI is InChI=1S/C42H52N4O5S/c1-4-6-22-49-24-25-51-37-15-10-32(11-16-37)33-12-19-40-35(26-33)27-34(20-21-46(40)28-38-9-7-8-23-50-38)42(47)44-36-13-17-39(18-14-36)52(48)29-41-31(3)43-30-45(41)5-2/h10-19,26-27,30,38H,4-9,20-25,28-29H2,1-3H3,(H,44,47)/t38-,52+/m0/s1. The van der Waals surface area contributed by atoms with Crippen molar-refractivity contribution >= 4 is 34.5 Å². The van der Waals surface area contributed by atoms with Crippen LogP contribution in [0.15, 0.2) is 83.5 Å². The Hall–Kier alpha value is -4.09. The van der Waals surface area contributed by atoms with Crippen molar-refractivity contribution < 1.29 is 23.6 Å². The van der Waals surface area contributed by atoms with Crippen molar-refractivity contribution in [3.05, 3.63) is 95.6 Å². The molecule has 1 N–H and O–H groups in total. The summed E-state index contributed by atoms with van der Waals surface area (Å²) in [6.07, 6.45) is 10.1. The van der Waals surface area contributed by atoms with Gasteiger partial charge >= 0.3 is 0 Å². The van der Waals surface area contributed by atoms with Crippen LogP contribution in [0, 0.1) is 6.92 Å². The highest BCUT2D eigenvalue weighted by atomic mass is 32.2. The minimum absolute atomic E-state index is 0.136. The maximum absolute atomic E-state index is 13.8. The Bertz CT molecular complexity index is 1780. The number of carbonyl (C=O) groups excluding carboxylic acids is 1. The minimum atomic E-state index is -1.23. The van der Waals surface area contributed by atoms with Gasteiger partial charge in [0.2, 0.25) is 0 Å². The quantitative estimate of drug-likeness (QED) is 0.0919. The van der Waals surface area contributed by atoms with Gasteiger partial charge in [0.15, 0.2) is 10.6 Å². The van der Waals surface area contributed by atoms with Crippen LogP contribution in [-0.2, 0) is 37.7 Å². The van der Waals surface area contributed by atoms with E-state index in [9.17, 15) is 9.35 Å². The number of imidazole rings is 1. The fourth-order valence-corrected chi connectivity index (χ4v) is 7.96. The van der Waals surface area contributed by atoms with Crippen LogP contribution in [0.4, 0.5) is 11.4 Å². The van der Waals surface area contributed by atoms with Crippen molar-refractivity contribution in [1.29, 1.82) is 0 Å².